The summed E-state index contributed by atoms with van der Waals surface area (Å²) in [5.74, 6) is 0.760. The van der Waals surface area contributed by atoms with E-state index in [0.29, 0.717) is 36.6 Å². The van der Waals surface area contributed by atoms with Crippen LogP contribution in [0.3, 0.4) is 0 Å². The van der Waals surface area contributed by atoms with E-state index < -0.39 is 0 Å². The van der Waals surface area contributed by atoms with E-state index in [2.05, 4.69) is 5.32 Å². The van der Waals surface area contributed by atoms with E-state index in [1.807, 2.05) is 0 Å². The van der Waals surface area contributed by atoms with E-state index in [9.17, 15) is 14.4 Å². The van der Waals surface area contributed by atoms with Crippen molar-refractivity contribution in [3.8, 4) is 11.5 Å². The maximum Gasteiger partial charge on any atom is 0.261 e. The molecule has 1 saturated heterocycles. The second-order valence-electron chi connectivity index (χ2n) is 7.56. The number of hydrogen-bond acceptors (Lipinski definition) is 5. The van der Waals surface area contributed by atoms with Gasteiger partial charge in [-0.15, -0.1) is 0 Å². The summed E-state index contributed by atoms with van der Waals surface area (Å²) in [6, 6.07) is 5.11. The zero-order valence-electron chi connectivity index (χ0n) is 15.3. The summed E-state index contributed by atoms with van der Waals surface area (Å²) in [5.41, 5.74) is 0.204. The quantitative estimate of drug-likeness (QED) is 0.873. The summed E-state index contributed by atoms with van der Waals surface area (Å²) < 4.78 is 11.9. The van der Waals surface area contributed by atoms with Crippen LogP contribution in [0.4, 0.5) is 0 Å². The van der Waals surface area contributed by atoms with Crippen molar-refractivity contribution in [2.24, 2.45) is 0 Å². The maximum atomic E-state index is 12.6. The van der Waals surface area contributed by atoms with Gasteiger partial charge >= 0.3 is 0 Å². The molecule has 0 radical (unpaired) electrons. The number of fused-ring (bicyclic) bond motifs is 1. The van der Waals surface area contributed by atoms with Crippen LogP contribution in [-0.4, -0.2) is 54.3 Å². The number of ether oxygens (including phenoxy) is 2. The van der Waals surface area contributed by atoms with Gasteiger partial charge in [-0.1, -0.05) is 6.42 Å². The minimum absolute atomic E-state index is 0.0620. The third kappa shape index (κ3) is 3.77. The molecule has 0 bridgehead atoms. The molecule has 7 nitrogen and oxygen atoms in total. The standard InChI is InChI=1S/C20H24N2O5/c23-16-11-20(6-2-1-3-7-20)27-17-10-14(4-5-15(16)17)26-13-19(25)22-9-8-21-18(24)12-22/h4-5,10H,1-3,6-9,11-13H2,(H,21,24). The molecule has 1 saturated carbocycles. The third-order valence-electron chi connectivity index (χ3n) is 5.58. The maximum absolute atomic E-state index is 12.6. The fraction of sp³-hybridized carbons (Fsp3) is 0.550. The molecule has 1 aromatic carbocycles. The Kier molecular flexibility index (Phi) is 4.76. The average Bonchev–Trinajstić information content (AvgIpc) is 2.66. The topological polar surface area (TPSA) is 84.9 Å². The molecule has 1 aromatic rings. The molecule has 2 aliphatic heterocycles. The lowest BCUT2D eigenvalue weighted by molar-refractivity contribution is -0.139. The predicted octanol–water partition coefficient (Wildman–Crippen LogP) is 1.69. The van der Waals surface area contributed by atoms with Crippen molar-refractivity contribution in [3.05, 3.63) is 23.8 Å². The Balaban J connectivity index is 1.43. The van der Waals surface area contributed by atoms with E-state index in [1.54, 1.807) is 18.2 Å². The van der Waals surface area contributed by atoms with Crippen LogP contribution < -0.4 is 14.8 Å². The number of hydrogen-bond donors (Lipinski definition) is 1. The zero-order valence-corrected chi connectivity index (χ0v) is 15.3. The number of rotatable bonds is 3. The number of carbonyl (C=O) groups excluding carboxylic acids is 3. The molecule has 144 valence electrons. The summed E-state index contributed by atoms with van der Waals surface area (Å²) in [6.07, 6.45) is 5.59. The Labute approximate surface area is 158 Å². The molecule has 7 heteroatoms. The molecule has 1 N–H and O–H groups in total. The lowest BCUT2D eigenvalue weighted by atomic mass is 9.78. The van der Waals surface area contributed by atoms with Crippen LogP contribution in [0.5, 0.6) is 11.5 Å². The molecule has 27 heavy (non-hydrogen) atoms. The normalized spacial score (nSPS) is 21.3. The SMILES string of the molecule is O=C1CN(C(=O)COc2ccc3c(c2)OC2(CCCCC2)CC3=O)CCN1. The highest BCUT2D eigenvalue weighted by atomic mass is 16.5. The van der Waals surface area contributed by atoms with E-state index in [4.69, 9.17) is 9.47 Å². The smallest absolute Gasteiger partial charge is 0.261 e. The molecular weight excluding hydrogens is 348 g/mol. The van der Waals surface area contributed by atoms with E-state index in [-0.39, 0.29) is 36.4 Å². The highest BCUT2D eigenvalue weighted by molar-refractivity contribution is 6.00. The second-order valence-corrected chi connectivity index (χ2v) is 7.56. The van der Waals surface area contributed by atoms with E-state index in [0.717, 1.165) is 25.7 Å². The molecule has 0 atom stereocenters. The van der Waals surface area contributed by atoms with Crippen molar-refractivity contribution in [2.75, 3.05) is 26.2 Å². The van der Waals surface area contributed by atoms with Crippen LogP contribution >= 0.6 is 0 Å². The minimum Gasteiger partial charge on any atom is -0.486 e. The van der Waals surface area contributed by atoms with Gasteiger partial charge in [-0.3, -0.25) is 14.4 Å². The summed E-state index contributed by atoms with van der Waals surface area (Å²) in [4.78, 5) is 37.7. The Morgan fingerprint density at radius 2 is 2.04 bits per heavy atom. The first-order valence-corrected chi connectivity index (χ1v) is 9.58. The molecule has 1 spiro atoms. The second kappa shape index (κ2) is 7.21. The number of benzene rings is 1. The summed E-state index contributed by atoms with van der Waals surface area (Å²) in [7, 11) is 0. The molecule has 1 aliphatic carbocycles. The minimum atomic E-state index is -0.377. The van der Waals surface area contributed by atoms with E-state index in [1.165, 1.54) is 11.3 Å². The Bertz CT molecular complexity index is 770. The first kappa shape index (κ1) is 17.8. The van der Waals surface area contributed by atoms with E-state index >= 15 is 0 Å². The van der Waals surface area contributed by atoms with Gasteiger partial charge in [0.1, 0.15) is 17.1 Å². The first-order chi connectivity index (χ1) is 13.0. The Hall–Kier alpha value is -2.57. The van der Waals surface area contributed by atoms with Crippen LogP contribution in [-0.2, 0) is 9.59 Å². The number of piperazine rings is 1. The first-order valence-electron chi connectivity index (χ1n) is 9.58. The van der Waals surface area contributed by atoms with Gasteiger partial charge in [-0.25, -0.2) is 0 Å². The Morgan fingerprint density at radius 3 is 2.81 bits per heavy atom. The lowest BCUT2D eigenvalue weighted by Gasteiger charge is -2.40. The number of nitrogens with one attached hydrogen (secondary N) is 1. The predicted molar refractivity (Wildman–Crippen MR) is 96.9 cm³/mol. The molecule has 2 heterocycles. The summed E-state index contributed by atoms with van der Waals surface area (Å²) in [6.45, 7) is 0.859. The number of nitrogens with zero attached hydrogens (tertiary/aromatic N) is 1. The fourth-order valence-electron chi connectivity index (χ4n) is 4.13. The molecular formula is C20H24N2O5. The van der Waals surface area contributed by atoms with Gasteiger partial charge in [0.2, 0.25) is 5.91 Å². The van der Waals surface area contributed by atoms with Crippen molar-refractivity contribution in [1.29, 1.82) is 0 Å². The molecule has 0 aromatic heterocycles. The summed E-state index contributed by atoms with van der Waals surface area (Å²) in [5, 5.41) is 2.69. The Morgan fingerprint density at radius 1 is 1.22 bits per heavy atom. The average molecular weight is 372 g/mol. The fourth-order valence-corrected chi connectivity index (χ4v) is 4.13. The van der Waals surface area contributed by atoms with Crippen molar-refractivity contribution < 1.29 is 23.9 Å². The third-order valence-corrected chi connectivity index (χ3v) is 5.58. The molecule has 4 rings (SSSR count). The highest BCUT2D eigenvalue weighted by Crippen LogP contribution is 2.42. The van der Waals surface area contributed by atoms with Gasteiger partial charge in [0.05, 0.1) is 18.5 Å². The van der Waals surface area contributed by atoms with Crippen LogP contribution in [0.2, 0.25) is 0 Å². The van der Waals surface area contributed by atoms with Gasteiger partial charge in [0.15, 0.2) is 12.4 Å². The number of ketones is 1. The molecule has 3 aliphatic rings. The van der Waals surface area contributed by atoms with Crippen molar-refractivity contribution in [3.63, 3.8) is 0 Å². The lowest BCUT2D eigenvalue weighted by Crippen LogP contribution is -2.51. The van der Waals surface area contributed by atoms with Gasteiger partial charge in [0, 0.05) is 19.2 Å². The number of amides is 2. The number of carbonyl (C=O) groups is 3. The molecule has 2 amide bonds. The van der Waals surface area contributed by atoms with Crippen molar-refractivity contribution in [2.45, 2.75) is 44.1 Å². The zero-order chi connectivity index (χ0) is 18.9. The monoisotopic (exact) mass is 372 g/mol. The van der Waals surface area contributed by atoms with Crippen LogP contribution in [0.15, 0.2) is 18.2 Å². The summed E-state index contributed by atoms with van der Waals surface area (Å²) >= 11 is 0. The van der Waals surface area contributed by atoms with Crippen LogP contribution in [0, 0.1) is 0 Å². The van der Waals surface area contributed by atoms with Gasteiger partial charge in [-0.05, 0) is 37.8 Å². The van der Waals surface area contributed by atoms with Crippen LogP contribution in [0.1, 0.15) is 48.9 Å². The van der Waals surface area contributed by atoms with Crippen molar-refractivity contribution in [1.82, 2.24) is 10.2 Å². The van der Waals surface area contributed by atoms with Gasteiger partial charge in [0.25, 0.3) is 5.91 Å². The van der Waals surface area contributed by atoms with Crippen molar-refractivity contribution >= 4 is 17.6 Å². The van der Waals surface area contributed by atoms with Gasteiger partial charge < -0.3 is 19.7 Å². The molecule has 0 unspecified atom stereocenters. The van der Waals surface area contributed by atoms with Gasteiger partial charge in [-0.2, -0.15) is 0 Å². The van der Waals surface area contributed by atoms with Crippen LogP contribution in [0.25, 0.3) is 0 Å². The number of Topliss-reactive ketones (excluding diaryl/α,β-unsaturated/α-hetero) is 1. The molecule has 2 fully saturated rings. The largest absolute Gasteiger partial charge is 0.486 e. The highest BCUT2D eigenvalue weighted by Gasteiger charge is 2.41.